The first-order valence-electron chi connectivity index (χ1n) is 0.919. The van der Waals surface area contributed by atoms with Crippen LogP contribution in [0.25, 0.3) is 0 Å². The van der Waals surface area contributed by atoms with Gasteiger partial charge in [-0.05, 0) is 12.1 Å². The molecule has 0 bridgehead atoms. The third kappa shape index (κ3) is 3290. The van der Waals surface area contributed by atoms with E-state index < -0.39 is 0 Å². The summed E-state index contributed by atoms with van der Waals surface area (Å²) in [5, 5.41) is 17.7. The zero-order valence-electron chi connectivity index (χ0n) is 2.96. The van der Waals surface area contributed by atoms with Gasteiger partial charge in [0.1, 0.15) is 5.40 Å². The zero-order valence-corrected chi connectivity index (χ0v) is 4.67. The predicted octanol–water partition coefficient (Wildman–Crippen LogP) is -0.136. The van der Waals surface area contributed by atoms with E-state index in [1.54, 1.807) is 0 Å². The molecule has 0 amide bonds. The summed E-state index contributed by atoms with van der Waals surface area (Å²) in [6.07, 6.45) is 0. The van der Waals surface area contributed by atoms with Gasteiger partial charge in [-0.3, -0.25) is 10.3 Å². The Morgan fingerprint density at radius 2 is 1.67 bits per heavy atom. The van der Waals surface area contributed by atoms with Crippen molar-refractivity contribution >= 4 is 24.8 Å². The van der Waals surface area contributed by atoms with Crippen molar-refractivity contribution in [2.75, 3.05) is 0 Å². The molecule has 0 atom stereocenters. The van der Waals surface area contributed by atoms with Gasteiger partial charge in [-0.15, -0.1) is 0 Å². The summed E-state index contributed by atoms with van der Waals surface area (Å²) < 4.78 is 0. The third-order valence-corrected chi connectivity index (χ3v) is 0. The van der Waals surface area contributed by atoms with E-state index in [4.69, 9.17) is 5.26 Å². The maximum absolute atomic E-state index is 7.18. The number of nitrogens with zero attached hydrogens (tertiary/aromatic N) is 1. The molecule has 0 heterocycles. The molecule has 0 aliphatic rings. The third-order valence-electron chi connectivity index (χ3n) is 0. The summed E-state index contributed by atoms with van der Waals surface area (Å²) in [6, 6.07) is 0. The molecule has 0 spiro atoms. The highest BCUT2D eigenvalue weighted by atomic mass is 32.2. The molecule has 3 nitrogen and oxygen atoms in total. The van der Waals surface area contributed by atoms with E-state index in [-0.39, 0.29) is 0 Å². The highest BCUT2D eigenvalue weighted by molar-refractivity contribution is 7.94. The van der Waals surface area contributed by atoms with Crippen LogP contribution >= 0.6 is 24.8 Å². The molecular weight excluding hydrogens is 118 g/mol. The second kappa shape index (κ2) is 19.4. The number of thiocyanates is 1. The molecule has 5 heteroatoms. The first-order chi connectivity index (χ1) is 2.83. The standard InChI is InChI=1S/CHNS.H4N2S/c2-1-3;1-3-2/h3H;1-2H2. The van der Waals surface area contributed by atoms with E-state index in [9.17, 15) is 0 Å². The summed E-state index contributed by atoms with van der Waals surface area (Å²) in [6.45, 7) is 0. The lowest BCUT2D eigenvalue weighted by molar-refractivity contribution is 1.57. The fourth-order valence-corrected chi connectivity index (χ4v) is 0. The summed E-state index contributed by atoms with van der Waals surface area (Å²) in [5.74, 6) is 0. The smallest absolute Gasteiger partial charge is 0.130 e. The fourth-order valence-electron chi connectivity index (χ4n) is 0. The zero-order chi connectivity index (χ0) is 5.41. The molecule has 0 fully saturated rings. The summed E-state index contributed by atoms with van der Waals surface area (Å²) in [5.41, 5.74) is 0. The van der Waals surface area contributed by atoms with E-state index in [1.807, 2.05) is 0 Å². The van der Waals surface area contributed by atoms with Crippen molar-refractivity contribution in [1.82, 2.24) is 0 Å². The maximum Gasteiger partial charge on any atom is 0.130 e. The van der Waals surface area contributed by atoms with E-state index in [0.717, 1.165) is 12.1 Å². The summed E-state index contributed by atoms with van der Waals surface area (Å²) in [4.78, 5) is 0. The fraction of sp³-hybridized carbons (Fsp3) is 0. The normalized spacial score (nSPS) is 4.33. The topological polar surface area (TPSA) is 75.8 Å². The van der Waals surface area contributed by atoms with Gasteiger partial charge in [-0.1, -0.05) is 12.6 Å². The van der Waals surface area contributed by atoms with Gasteiger partial charge in [0.15, 0.2) is 0 Å². The van der Waals surface area contributed by atoms with Crippen LogP contribution in [0.15, 0.2) is 0 Å². The Bertz CT molecular complexity index is 38.5. The summed E-state index contributed by atoms with van der Waals surface area (Å²) >= 11 is 3.84. The van der Waals surface area contributed by atoms with E-state index in [0.29, 0.717) is 0 Å². The van der Waals surface area contributed by atoms with Crippen molar-refractivity contribution in [1.29, 1.82) is 5.26 Å². The Morgan fingerprint density at radius 3 is 1.67 bits per heavy atom. The van der Waals surface area contributed by atoms with Crippen molar-refractivity contribution in [2.24, 2.45) is 10.3 Å². The van der Waals surface area contributed by atoms with Gasteiger partial charge in [-0.2, -0.15) is 5.26 Å². The molecule has 0 aliphatic carbocycles. The van der Waals surface area contributed by atoms with E-state index >= 15 is 0 Å². The number of nitrogens with two attached hydrogens (primary N) is 2. The maximum atomic E-state index is 7.18. The molecule has 0 saturated carbocycles. The number of thiol groups is 1. The number of hydrogen-bond donors (Lipinski definition) is 3. The second-order valence-corrected chi connectivity index (χ2v) is 0.708. The van der Waals surface area contributed by atoms with Crippen LogP contribution in [0.3, 0.4) is 0 Å². The molecule has 36 valence electrons. The molecule has 0 aromatic rings. The number of hydrogen-bond acceptors (Lipinski definition) is 5. The molecule has 0 radical (unpaired) electrons. The minimum Gasteiger partial charge on any atom is -0.265 e. The van der Waals surface area contributed by atoms with Crippen LogP contribution < -0.4 is 10.3 Å². The van der Waals surface area contributed by atoms with E-state index in [1.165, 1.54) is 5.40 Å². The van der Waals surface area contributed by atoms with E-state index in [2.05, 4.69) is 22.9 Å². The molecule has 4 N–H and O–H groups in total. The average molecular weight is 123 g/mol. The van der Waals surface area contributed by atoms with Gasteiger partial charge in [0.2, 0.25) is 0 Å². The van der Waals surface area contributed by atoms with Crippen LogP contribution in [0.5, 0.6) is 0 Å². The molecule has 0 aliphatic heterocycles. The predicted molar refractivity (Wildman–Crippen MR) is 30.6 cm³/mol. The SMILES string of the molecule is N#CS.NSN. The first kappa shape index (κ1) is 9.44. The minimum atomic E-state index is 0.750. The molecule has 0 saturated heterocycles. The Morgan fingerprint density at radius 1 is 1.67 bits per heavy atom. The summed E-state index contributed by atoms with van der Waals surface area (Å²) in [7, 11) is 0. The minimum absolute atomic E-state index is 0.750. The Hall–Kier alpha value is 0.110. The lowest BCUT2D eigenvalue weighted by Crippen LogP contribution is -1.83. The lowest BCUT2D eigenvalue weighted by atomic mass is 11.8. The molecular formula is CH5N3S2. The van der Waals surface area contributed by atoms with Gasteiger partial charge >= 0.3 is 0 Å². The van der Waals surface area contributed by atoms with Crippen LogP contribution in [-0.4, -0.2) is 0 Å². The van der Waals surface area contributed by atoms with Gasteiger partial charge in [-0.25, -0.2) is 0 Å². The molecule has 0 aromatic heterocycles. The quantitative estimate of drug-likeness (QED) is 0.238. The van der Waals surface area contributed by atoms with Crippen LogP contribution in [0.4, 0.5) is 0 Å². The van der Waals surface area contributed by atoms with Crippen molar-refractivity contribution < 1.29 is 0 Å². The van der Waals surface area contributed by atoms with Gasteiger partial charge in [0.05, 0.1) is 0 Å². The number of rotatable bonds is 0. The highest BCUT2D eigenvalue weighted by Crippen LogP contribution is 1.46. The Labute approximate surface area is 46.4 Å². The molecule has 0 aromatic carbocycles. The Kier molecular flexibility index (Phi) is 30.5. The van der Waals surface area contributed by atoms with Crippen LogP contribution in [0.1, 0.15) is 0 Å². The van der Waals surface area contributed by atoms with Gasteiger partial charge in [0.25, 0.3) is 0 Å². The van der Waals surface area contributed by atoms with Crippen molar-refractivity contribution in [3.8, 4) is 5.40 Å². The average Bonchev–Trinajstić information content (AvgIpc) is 1.39. The first-order valence-corrected chi connectivity index (χ1v) is 2.31. The lowest BCUT2D eigenvalue weighted by Gasteiger charge is -1.55. The Balaban J connectivity index is 0. The highest BCUT2D eigenvalue weighted by Gasteiger charge is 1.29. The van der Waals surface area contributed by atoms with Crippen molar-refractivity contribution in [2.45, 2.75) is 0 Å². The van der Waals surface area contributed by atoms with Gasteiger partial charge in [0, 0.05) is 0 Å². The number of nitriles is 1. The van der Waals surface area contributed by atoms with Gasteiger partial charge < -0.3 is 0 Å². The molecule has 6 heavy (non-hydrogen) atoms. The van der Waals surface area contributed by atoms with Crippen molar-refractivity contribution in [3.05, 3.63) is 0 Å². The second-order valence-electron chi connectivity index (χ2n) is 0.236. The van der Waals surface area contributed by atoms with Crippen LogP contribution in [0.2, 0.25) is 0 Å². The molecule has 0 rings (SSSR count). The van der Waals surface area contributed by atoms with Crippen LogP contribution in [0, 0.1) is 10.7 Å². The monoisotopic (exact) mass is 123 g/mol. The largest absolute Gasteiger partial charge is 0.265 e. The molecule has 0 unspecified atom stereocenters. The van der Waals surface area contributed by atoms with Crippen molar-refractivity contribution in [3.63, 3.8) is 0 Å². The van der Waals surface area contributed by atoms with Crippen LogP contribution in [-0.2, 0) is 0 Å².